The summed E-state index contributed by atoms with van der Waals surface area (Å²) in [6.45, 7) is 8.69. The first-order valence-corrected chi connectivity index (χ1v) is 10.1. The largest absolute Gasteiger partial charge is 0.353 e. The second-order valence-corrected chi connectivity index (χ2v) is 8.37. The summed E-state index contributed by atoms with van der Waals surface area (Å²) in [5, 5.41) is 0. The highest BCUT2D eigenvalue weighted by molar-refractivity contribution is 5.94. The van der Waals surface area contributed by atoms with Crippen LogP contribution in [0.15, 0.2) is 12.3 Å². The van der Waals surface area contributed by atoms with E-state index < -0.39 is 0 Å². The molecule has 0 radical (unpaired) electrons. The van der Waals surface area contributed by atoms with Gasteiger partial charge in [-0.3, -0.25) is 14.5 Å². The summed E-state index contributed by atoms with van der Waals surface area (Å²) in [5.41, 5.74) is 2.25. The van der Waals surface area contributed by atoms with Gasteiger partial charge in [-0.2, -0.15) is 0 Å². The quantitative estimate of drug-likeness (QED) is 0.733. The van der Waals surface area contributed by atoms with Crippen molar-refractivity contribution in [2.75, 3.05) is 26.2 Å². The second kappa shape index (κ2) is 7.95. The molecule has 1 spiro atoms. The van der Waals surface area contributed by atoms with Gasteiger partial charge in [0, 0.05) is 62.5 Å². The summed E-state index contributed by atoms with van der Waals surface area (Å²) in [5.74, 6) is 0.467. The van der Waals surface area contributed by atoms with E-state index in [-0.39, 0.29) is 11.2 Å². The van der Waals surface area contributed by atoms with Gasteiger partial charge in [0.1, 0.15) is 0 Å². The maximum atomic E-state index is 12.3. The molecule has 144 valence electrons. The molecule has 5 nitrogen and oxygen atoms in total. The van der Waals surface area contributed by atoms with Crippen molar-refractivity contribution in [3.8, 4) is 0 Å². The lowest BCUT2D eigenvalue weighted by atomic mass is 9.73. The lowest BCUT2D eigenvalue weighted by molar-refractivity contribution is -0.139. The molecule has 3 rings (SSSR count). The number of hydrogen-bond donors (Lipinski definition) is 0. The molecule has 0 aliphatic carbocycles. The van der Waals surface area contributed by atoms with E-state index in [0.717, 1.165) is 57.5 Å². The van der Waals surface area contributed by atoms with Crippen LogP contribution in [0.4, 0.5) is 0 Å². The predicted octanol–water partition coefficient (Wildman–Crippen LogP) is 3.23. The summed E-state index contributed by atoms with van der Waals surface area (Å²) >= 11 is 0. The van der Waals surface area contributed by atoms with Crippen LogP contribution in [-0.2, 0) is 18.4 Å². The van der Waals surface area contributed by atoms with E-state index in [2.05, 4.69) is 21.3 Å². The molecular formula is C21H33N3O2. The van der Waals surface area contributed by atoms with Crippen LogP contribution < -0.4 is 0 Å². The number of amides is 1. The molecule has 3 heterocycles. The van der Waals surface area contributed by atoms with Gasteiger partial charge in [0.05, 0.1) is 0 Å². The van der Waals surface area contributed by atoms with Crippen molar-refractivity contribution in [1.82, 2.24) is 14.4 Å². The Labute approximate surface area is 157 Å². The Kier molecular flexibility index (Phi) is 5.86. The zero-order valence-electron chi connectivity index (χ0n) is 16.6. The number of carbonyl (C=O) groups is 2. The van der Waals surface area contributed by atoms with Gasteiger partial charge >= 0.3 is 0 Å². The van der Waals surface area contributed by atoms with Gasteiger partial charge in [-0.05, 0) is 45.2 Å². The number of hydrogen-bond acceptors (Lipinski definition) is 3. The molecule has 2 aliphatic rings. The second-order valence-electron chi connectivity index (χ2n) is 8.37. The van der Waals surface area contributed by atoms with E-state index in [4.69, 9.17) is 0 Å². The Morgan fingerprint density at radius 1 is 1.27 bits per heavy atom. The van der Waals surface area contributed by atoms with E-state index in [9.17, 15) is 9.59 Å². The normalized spacial score (nSPS) is 24.4. The molecule has 1 amide bonds. The van der Waals surface area contributed by atoms with Crippen LogP contribution >= 0.6 is 0 Å². The number of aromatic nitrogens is 1. The minimum Gasteiger partial charge on any atom is -0.353 e. The van der Waals surface area contributed by atoms with Gasteiger partial charge in [0.25, 0.3) is 0 Å². The standard InChI is InChI=1S/C21H33N3O2/c1-4-5-11-24-16-21(9-7-20(24)26)8-6-10-23(15-21)14-19-12-18(17(2)25)13-22(19)3/h12-13H,4-11,14-16H2,1-3H3/t21-/m0/s1. The first kappa shape index (κ1) is 19.2. The lowest BCUT2D eigenvalue weighted by Crippen LogP contribution is -2.54. The fraction of sp³-hybridized carbons (Fsp3) is 0.714. The molecule has 0 bridgehead atoms. The molecule has 0 unspecified atom stereocenters. The first-order chi connectivity index (χ1) is 12.4. The number of aryl methyl sites for hydroxylation is 1. The fourth-order valence-electron chi connectivity index (χ4n) is 4.62. The average Bonchev–Trinajstić information content (AvgIpc) is 2.97. The number of carbonyl (C=O) groups excluding carboxylic acids is 2. The summed E-state index contributed by atoms with van der Waals surface area (Å²) in [4.78, 5) is 28.6. The monoisotopic (exact) mass is 359 g/mol. The van der Waals surface area contributed by atoms with Crippen LogP contribution in [0.3, 0.4) is 0 Å². The third-order valence-corrected chi connectivity index (χ3v) is 6.17. The molecule has 2 fully saturated rings. The smallest absolute Gasteiger partial charge is 0.222 e. The lowest BCUT2D eigenvalue weighted by Gasteiger charge is -2.48. The van der Waals surface area contributed by atoms with Gasteiger partial charge in [0.15, 0.2) is 5.78 Å². The molecule has 0 aromatic carbocycles. The minimum atomic E-state index is 0.124. The molecule has 26 heavy (non-hydrogen) atoms. The SMILES string of the molecule is CCCCN1C[C@@]2(CCCN(Cc3cc(C(C)=O)cn3C)C2)CCC1=O. The van der Waals surface area contributed by atoms with Crippen LogP contribution in [0.25, 0.3) is 0 Å². The van der Waals surface area contributed by atoms with Crippen molar-refractivity contribution in [1.29, 1.82) is 0 Å². The first-order valence-electron chi connectivity index (χ1n) is 10.1. The number of likely N-dealkylation sites (tertiary alicyclic amines) is 2. The van der Waals surface area contributed by atoms with Crippen molar-refractivity contribution in [3.63, 3.8) is 0 Å². The zero-order valence-corrected chi connectivity index (χ0v) is 16.6. The Balaban J connectivity index is 1.67. The van der Waals surface area contributed by atoms with Gasteiger partial charge < -0.3 is 9.47 Å². The van der Waals surface area contributed by atoms with Crippen LogP contribution in [0.5, 0.6) is 0 Å². The molecule has 0 N–H and O–H groups in total. The Morgan fingerprint density at radius 2 is 2.08 bits per heavy atom. The highest BCUT2D eigenvalue weighted by Crippen LogP contribution is 2.39. The number of ketones is 1. The van der Waals surface area contributed by atoms with E-state index in [1.165, 1.54) is 18.5 Å². The highest BCUT2D eigenvalue weighted by atomic mass is 16.2. The number of Topliss-reactive ketones (excluding diaryl/α,β-unsaturated/α-hetero) is 1. The molecular weight excluding hydrogens is 326 g/mol. The summed E-state index contributed by atoms with van der Waals surface area (Å²) in [6.07, 6.45) is 8.32. The Hall–Kier alpha value is -1.62. The van der Waals surface area contributed by atoms with E-state index >= 15 is 0 Å². The van der Waals surface area contributed by atoms with Crippen molar-refractivity contribution in [3.05, 3.63) is 23.5 Å². The summed E-state index contributed by atoms with van der Waals surface area (Å²) < 4.78 is 2.08. The molecule has 2 aliphatic heterocycles. The van der Waals surface area contributed by atoms with Crippen molar-refractivity contribution < 1.29 is 9.59 Å². The topological polar surface area (TPSA) is 45.5 Å². The fourth-order valence-corrected chi connectivity index (χ4v) is 4.62. The van der Waals surface area contributed by atoms with Gasteiger partial charge in [-0.25, -0.2) is 0 Å². The van der Waals surface area contributed by atoms with Gasteiger partial charge in [0.2, 0.25) is 5.91 Å². The van der Waals surface area contributed by atoms with E-state index in [1.807, 2.05) is 19.3 Å². The third kappa shape index (κ3) is 4.20. The molecule has 2 saturated heterocycles. The number of piperidine rings is 2. The molecule has 0 saturated carbocycles. The third-order valence-electron chi connectivity index (χ3n) is 6.17. The molecule has 1 aromatic rings. The maximum Gasteiger partial charge on any atom is 0.222 e. The number of unbranched alkanes of at least 4 members (excludes halogenated alkanes) is 1. The van der Waals surface area contributed by atoms with Crippen LogP contribution in [0.1, 0.15) is 68.4 Å². The molecule has 5 heteroatoms. The highest BCUT2D eigenvalue weighted by Gasteiger charge is 2.41. The number of nitrogens with zero attached hydrogens (tertiary/aromatic N) is 3. The van der Waals surface area contributed by atoms with E-state index in [0.29, 0.717) is 12.3 Å². The van der Waals surface area contributed by atoms with Gasteiger partial charge in [-0.1, -0.05) is 13.3 Å². The van der Waals surface area contributed by atoms with Crippen molar-refractivity contribution in [2.45, 2.75) is 58.9 Å². The molecule has 1 atom stereocenters. The summed E-state index contributed by atoms with van der Waals surface area (Å²) in [6, 6.07) is 2.03. The summed E-state index contributed by atoms with van der Waals surface area (Å²) in [7, 11) is 2.02. The number of rotatable bonds is 6. The zero-order chi connectivity index (χ0) is 18.7. The maximum absolute atomic E-state index is 12.3. The van der Waals surface area contributed by atoms with E-state index in [1.54, 1.807) is 6.92 Å². The van der Waals surface area contributed by atoms with Crippen LogP contribution in [-0.4, -0.2) is 52.2 Å². The minimum absolute atomic E-state index is 0.124. The van der Waals surface area contributed by atoms with Crippen LogP contribution in [0.2, 0.25) is 0 Å². The molecule has 1 aromatic heterocycles. The predicted molar refractivity (Wildman–Crippen MR) is 103 cm³/mol. The van der Waals surface area contributed by atoms with Crippen molar-refractivity contribution >= 4 is 11.7 Å². The average molecular weight is 360 g/mol. The Bertz CT molecular complexity index is 666. The van der Waals surface area contributed by atoms with Gasteiger partial charge in [-0.15, -0.1) is 0 Å². The van der Waals surface area contributed by atoms with Crippen molar-refractivity contribution in [2.24, 2.45) is 12.5 Å². The Morgan fingerprint density at radius 3 is 2.77 bits per heavy atom. The van der Waals surface area contributed by atoms with Crippen LogP contribution in [0, 0.1) is 5.41 Å².